The van der Waals surface area contributed by atoms with Gasteiger partial charge in [0.15, 0.2) is 0 Å². The molecule has 0 aliphatic rings. The minimum Gasteiger partial charge on any atom is -0.326 e. The van der Waals surface area contributed by atoms with Gasteiger partial charge in [0, 0.05) is 15.8 Å². The van der Waals surface area contributed by atoms with E-state index >= 15 is 0 Å². The number of hydrogen-bond acceptors (Lipinski definition) is 2. The number of hydrogen-bond donors (Lipinski definition) is 2. The Balaban J connectivity index is 1.92. The molecule has 4 nitrogen and oxygen atoms in total. The molecule has 0 fully saturated rings. The van der Waals surface area contributed by atoms with E-state index in [4.69, 9.17) is 0 Å². The van der Waals surface area contributed by atoms with Crippen molar-refractivity contribution in [3.63, 3.8) is 0 Å². The van der Waals surface area contributed by atoms with E-state index < -0.39 is 0 Å². The average molecular weight is 361 g/mol. The zero-order valence-corrected chi connectivity index (χ0v) is 14.0. The van der Waals surface area contributed by atoms with Gasteiger partial charge in [0.25, 0.3) is 0 Å². The number of aryl methyl sites for hydroxylation is 2. The van der Waals surface area contributed by atoms with E-state index in [-0.39, 0.29) is 18.2 Å². The topological polar surface area (TPSA) is 58.2 Å². The van der Waals surface area contributed by atoms with Crippen LogP contribution in [0.4, 0.5) is 11.4 Å². The van der Waals surface area contributed by atoms with Crippen LogP contribution in [0.25, 0.3) is 0 Å². The van der Waals surface area contributed by atoms with E-state index in [0.717, 1.165) is 15.6 Å². The number of nitrogens with one attached hydrogen (secondary N) is 2. The van der Waals surface area contributed by atoms with E-state index in [9.17, 15) is 9.59 Å². The first-order valence-corrected chi connectivity index (χ1v) is 7.65. The van der Waals surface area contributed by atoms with Gasteiger partial charge in [-0.25, -0.2) is 0 Å². The molecule has 2 amide bonds. The first-order chi connectivity index (χ1) is 10.4. The number of carbonyl (C=O) groups is 2. The molecule has 2 aromatic carbocycles. The number of benzene rings is 2. The Morgan fingerprint density at radius 1 is 0.909 bits per heavy atom. The molecule has 2 rings (SSSR count). The predicted molar refractivity (Wildman–Crippen MR) is 91.9 cm³/mol. The highest BCUT2D eigenvalue weighted by Gasteiger charge is 2.10. The normalized spacial score (nSPS) is 10.1. The van der Waals surface area contributed by atoms with E-state index in [1.54, 1.807) is 12.1 Å². The highest BCUT2D eigenvalue weighted by molar-refractivity contribution is 9.10. The number of rotatable bonds is 4. The van der Waals surface area contributed by atoms with E-state index in [1.807, 2.05) is 44.2 Å². The summed E-state index contributed by atoms with van der Waals surface area (Å²) in [4.78, 5) is 23.8. The first-order valence-electron chi connectivity index (χ1n) is 6.86. The van der Waals surface area contributed by atoms with E-state index in [2.05, 4.69) is 26.6 Å². The van der Waals surface area contributed by atoms with Crippen LogP contribution in [0.3, 0.4) is 0 Å². The fourth-order valence-corrected chi connectivity index (χ4v) is 2.57. The summed E-state index contributed by atoms with van der Waals surface area (Å²) < 4.78 is 0.866. The van der Waals surface area contributed by atoms with Crippen LogP contribution in [-0.4, -0.2) is 11.8 Å². The summed E-state index contributed by atoms with van der Waals surface area (Å²) in [5.74, 6) is -0.683. The van der Waals surface area contributed by atoms with Gasteiger partial charge in [-0.3, -0.25) is 9.59 Å². The van der Waals surface area contributed by atoms with Crippen molar-refractivity contribution >= 4 is 39.1 Å². The zero-order valence-electron chi connectivity index (χ0n) is 12.4. The third-order valence-corrected chi connectivity index (χ3v) is 3.43. The summed E-state index contributed by atoms with van der Waals surface area (Å²) in [6, 6.07) is 13.0. The molecule has 0 heterocycles. The van der Waals surface area contributed by atoms with Crippen LogP contribution in [-0.2, 0) is 9.59 Å². The Labute approximate surface area is 138 Å². The highest BCUT2D eigenvalue weighted by atomic mass is 79.9. The van der Waals surface area contributed by atoms with Gasteiger partial charge in [-0.1, -0.05) is 28.1 Å². The maximum Gasteiger partial charge on any atom is 0.233 e. The van der Waals surface area contributed by atoms with Gasteiger partial charge >= 0.3 is 0 Å². The number of halogens is 1. The molecule has 2 aromatic rings. The van der Waals surface area contributed by atoms with Crippen molar-refractivity contribution < 1.29 is 9.59 Å². The molecule has 0 saturated heterocycles. The second-order valence-electron chi connectivity index (χ2n) is 5.16. The lowest BCUT2D eigenvalue weighted by atomic mass is 10.1. The molecule has 0 aliphatic heterocycles. The maximum absolute atomic E-state index is 11.9. The lowest BCUT2D eigenvalue weighted by Gasteiger charge is -2.08. The average Bonchev–Trinajstić information content (AvgIpc) is 2.36. The van der Waals surface area contributed by atoms with Gasteiger partial charge in [0.1, 0.15) is 6.42 Å². The van der Waals surface area contributed by atoms with Crippen LogP contribution in [0.15, 0.2) is 46.9 Å². The van der Waals surface area contributed by atoms with Gasteiger partial charge in [0.2, 0.25) is 11.8 Å². The first kappa shape index (κ1) is 16.2. The Morgan fingerprint density at radius 3 is 2.09 bits per heavy atom. The predicted octanol–water partition coefficient (Wildman–Crippen LogP) is 4.03. The van der Waals surface area contributed by atoms with Crippen molar-refractivity contribution in [2.75, 3.05) is 10.6 Å². The summed E-state index contributed by atoms with van der Waals surface area (Å²) in [5.41, 5.74) is 3.49. The third-order valence-electron chi connectivity index (χ3n) is 2.93. The van der Waals surface area contributed by atoms with Crippen LogP contribution >= 0.6 is 15.9 Å². The summed E-state index contributed by atoms with van der Waals surface area (Å²) >= 11 is 3.33. The summed E-state index contributed by atoms with van der Waals surface area (Å²) in [5, 5.41) is 5.44. The van der Waals surface area contributed by atoms with Crippen LogP contribution < -0.4 is 10.6 Å². The standard InChI is InChI=1S/C17H17BrN2O2/c1-11-6-12(2)8-15(7-11)20-17(22)10-16(21)19-14-5-3-4-13(18)9-14/h3-9H,10H2,1-2H3,(H,19,21)(H,20,22). The minimum absolute atomic E-state index is 0.223. The molecule has 0 atom stereocenters. The van der Waals surface area contributed by atoms with Crippen molar-refractivity contribution in [3.05, 3.63) is 58.1 Å². The Hall–Kier alpha value is -2.14. The van der Waals surface area contributed by atoms with Gasteiger partial charge < -0.3 is 10.6 Å². The van der Waals surface area contributed by atoms with Crippen molar-refractivity contribution in [2.24, 2.45) is 0 Å². The largest absolute Gasteiger partial charge is 0.326 e. The number of anilines is 2. The van der Waals surface area contributed by atoms with E-state index in [0.29, 0.717) is 11.4 Å². The van der Waals surface area contributed by atoms with Crippen molar-refractivity contribution in [1.29, 1.82) is 0 Å². The van der Waals surface area contributed by atoms with Crippen molar-refractivity contribution in [2.45, 2.75) is 20.3 Å². The second-order valence-corrected chi connectivity index (χ2v) is 6.08. The molecule has 5 heteroatoms. The molecule has 0 spiro atoms. The summed E-state index contributed by atoms with van der Waals surface area (Å²) in [6.45, 7) is 3.92. The highest BCUT2D eigenvalue weighted by Crippen LogP contribution is 2.16. The SMILES string of the molecule is Cc1cc(C)cc(NC(=O)CC(=O)Nc2cccc(Br)c2)c1. The van der Waals surface area contributed by atoms with E-state index in [1.165, 1.54) is 0 Å². The fourth-order valence-electron chi connectivity index (χ4n) is 2.17. The van der Waals surface area contributed by atoms with Gasteiger partial charge in [0.05, 0.1) is 0 Å². The van der Waals surface area contributed by atoms with Crippen LogP contribution in [0.2, 0.25) is 0 Å². The van der Waals surface area contributed by atoms with Crippen LogP contribution in [0, 0.1) is 13.8 Å². The number of amides is 2. The molecule has 2 N–H and O–H groups in total. The monoisotopic (exact) mass is 360 g/mol. The second kappa shape index (κ2) is 7.22. The lowest BCUT2D eigenvalue weighted by molar-refractivity contribution is -0.123. The van der Waals surface area contributed by atoms with Gasteiger partial charge in [-0.2, -0.15) is 0 Å². The van der Waals surface area contributed by atoms with Gasteiger partial charge in [-0.05, 0) is 55.3 Å². The fraction of sp³-hybridized carbons (Fsp3) is 0.176. The summed E-state index contributed by atoms with van der Waals surface area (Å²) in [6.07, 6.45) is -0.223. The molecular weight excluding hydrogens is 344 g/mol. The van der Waals surface area contributed by atoms with Crippen LogP contribution in [0.1, 0.15) is 17.5 Å². The summed E-state index contributed by atoms with van der Waals surface area (Å²) in [7, 11) is 0. The molecular formula is C17H17BrN2O2. The van der Waals surface area contributed by atoms with Crippen molar-refractivity contribution in [1.82, 2.24) is 0 Å². The lowest BCUT2D eigenvalue weighted by Crippen LogP contribution is -2.21. The molecule has 0 aliphatic carbocycles. The molecule has 0 saturated carbocycles. The number of carbonyl (C=O) groups excluding carboxylic acids is 2. The maximum atomic E-state index is 11.9. The Bertz CT molecular complexity index is 693. The molecule has 114 valence electrons. The Kier molecular flexibility index (Phi) is 5.33. The van der Waals surface area contributed by atoms with Crippen LogP contribution in [0.5, 0.6) is 0 Å². The third kappa shape index (κ3) is 5.00. The quantitative estimate of drug-likeness (QED) is 0.808. The molecule has 0 aromatic heterocycles. The minimum atomic E-state index is -0.347. The smallest absolute Gasteiger partial charge is 0.233 e. The molecule has 0 unspecified atom stereocenters. The Morgan fingerprint density at radius 2 is 1.50 bits per heavy atom. The van der Waals surface area contributed by atoms with Gasteiger partial charge in [-0.15, -0.1) is 0 Å². The molecule has 0 bridgehead atoms. The van der Waals surface area contributed by atoms with Crippen molar-refractivity contribution in [3.8, 4) is 0 Å². The zero-order chi connectivity index (χ0) is 16.1. The molecule has 0 radical (unpaired) electrons. The molecule has 22 heavy (non-hydrogen) atoms.